The topological polar surface area (TPSA) is 96.5 Å². The molecule has 1 aliphatic rings. The summed E-state index contributed by atoms with van der Waals surface area (Å²) in [6.07, 6.45) is -0.857. The first-order chi connectivity index (χ1) is 18.6. The van der Waals surface area contributed by atoms with Crippen molar-refractivity contribution < 1.29 is 19.1 Å². The highest BCUT2D eigenvalue weighted by molar-refractivity contribution is 6.53. The van der Waals surface area contributed by atoms with Crippen molar-refractivity contribution in [2.75, 3.05) is 16.0 Å². The van der Waals surface area contributed by atoms with Gasteiger partial charge < -0.3 is 15.4 Å². The third kappa shape index (κ3) is 7.59. The van der Waals surface area contributed by atoms with Crippen molar-refractivity contribution in [3.05, 3.63) is 86.9 Å². The van der Waals surface area contributed by atoms with Gasteiger partial charge in [0.2, 0.25) is 5.91 Å². The van der Waals surface area contributed by atoms with Crippen LogP contribution in [0.2, 0.25) is 15.1 Å². The Morgan fingerprint density at radius 1 is 0.800 bits per heavy atom. The molecule has 3 aromatic rings. The van der Waals surface area contributed by atoms with Gasteiger partial charge in [0, 0.05) is 39.9 Å². The first kappa shape index (κ1) is 30.8. The number of carbonyl (C=O) groups is 3. The van der Waals surface area contributed by atoms with Crippen molar-refractivity contribution in [3.63, 3.8) is 0 Å². The zero-order valence-electron chi connectivity index (χ0n) is 20.2. The molecule has 2 atom stereocenters. The summed E-state index contributed by atoms with van der Waals surface area (Å²) in [7, 11) is 0. The third-order valence-electron chi connectivity index (χ3n) is 5.72. The second kappa shape index (κ2) is 12.0. The minimum atomic E-state index is -1.69. The average Bonchev–Trinajstić information content (AvgIpc) is 3.41. The monoisotopic (exact) mass is 681 g/mol. The van der Waals surface area contributed by atoms with Crippen molar-refractivity contribution in [1.29, 1.82) is 0 Å². The van der Waals surface area contributed by atoms with Crippen LogP contribution in [0.15, 0.2) is 60.7 Å². The van der Waals surface area contributed by atoms with E-state index in [0.29, 0.717) is 32.7 Å². The highest BCUT2D eigenvalue weighted by Gasteiger charge is 2.67. The van der Waals surface area contributed by atoms with Gasteiger partial charge in [0.05, 0.1) is 16.5 Å². The molecule has 0 aromatic heterocycles. The van der Waals surface area contributed by atoms with Crippen molar-refractivity contribution >= 4 is 116 Å². The normalized spacial score (nSPS) is 17.5. The van der Waals surface area contributed by atoms with Crippen molar-refractivity contribution in [1.82, 2.24) is 0 Å². The van der Waals surface area contributed by atoms with E-state index in [9.17, 15) is 14.4 Å². The lowest BCUT2D eigenvalue weighted by Gasteiger charge is -2.15. The molecule has 14 heteroatoms. The SMILES string of the molecule is CC(Cl)(Cl)OC(=O)Nc1ccc(NC(=O)c2cc(NC(=O)C3C(c4cc(Cl)cc(Cl)c4)C3(Cl)Cl)ccc2Cl)cc1. The van der Waals surface area contributed by atoms with E-state index < -0.39 is 38.6 Å². The summed E-state index contributed by atoms with van der Waals surface area (Å²) in [5.41, 5.74) is 1.82. The Labute approximate surface area is 264 Å². The van der Waals surface area contributed by atoms with Gasteiger partial charge in [0.15, 0.2) is 0 Å². The number of carbonyl (C=O) groups excluding carboxylic acids is 3. The number of ether oxygens (including phenoxy) is 1. The molecule has 0 spiro atoms. The van der Waals surface area contributed by atoms with Gasteiger partial charge in [-0.1, -0.05) is 58.0 Å². The largest absolute Gasteiger partial charge is 0.414 e. The molecular formula is C26H18Cl7N3O4. The van der Waals surface area contributed by atoms with E-state index in [1.54, 1.807) is 36.4 Å². The second-order valence-corrected chi connectivity index (χ2v) is 13.2. The molecule has 1 saturated carbocycles. The van der Waals surface area contributed by atoms with Crippen LogP contribution in [-0.4, -0.2) is 26.8 Å². The lowest BCUT2D eigenvalue weighted by Crippen LogP contribution is -2.23. The molecule has 3 aromatic carbocycles. The van der Waals surface area contributed by atoms with Gasteiger partial charge in [-0.3, -0.25) is 14.9 Å². The number of benzene rings is 3. The Morgan fingerprint density at radius 3 is 1.93 bits per heavy atom. The zero-order chi connectivity index (χ0) is 29.4. The van der Waals surface area contributed by atoms with Crippen LogP contribution in [0.4, 0.5) is 21.9 Å². The van der Waals surface area contributed by atoms with E-state index in [1.807, 2.05) is 0 Å². The van der Waals surface area contributed by atoms with Crippen LogP contribution in [0.3, 0.4) is 0 Å². The number of nitrogens with one attached hydrogen (secondary N) is 3. The molecule has 1 aliphatic carbocycles. The van der Waals surface area contributed by atoms with Crippen molar-refractivity contribution in [2.45, 2.75) is 21.7 Å². The summed E-state index contributed by atoms with van der Waals surface area (Å²) < 4.78 is 1.70. The highest BCUT2D eigenvalue weighted by atomic mass is 35.5. The minimum absolute atomic E-state index is 0.103. The van der Waals surface area contributed by atoms with Crippen LogP contribution in [0, 0.1) is 5.92 Å². The molecule has 0 aliphatic heterocycles. The maximum absolute atomic E-state index is 13.1. The van der Waals surface area contributed by atoms with Gasteiger partial charge >= 0.3 is 6.09 Å². The summed E-state index contributed by atoms with van der Waals surface area (Å²) in [6.45, 7) is 1.29. The van der Waals surface area contributed by atoms with E-state index in [4.69, 9.17) is 85.9 Å². The van der Waals surface area contributed by atoms with E-state index in [2.05, 4.69) is 16.0 Å². The van der Waals surface area contributed by atoms with Crippen molar-refractivity contribution in [2.24, 2.45) is 5.92 Å². The molecule has 7 nitrogen and oxygen atoms in total. The quantitative estimate of drug-likeness (QED) is 0.216. The summed E-state index contributed by atoms with van der Waals surface area (Å²) in [5, 5.41) is 8.82. The number of hydrogen-bond acceptors (Lipinski definition) is 4. The number of halogens is 7. The van der Waals surface area contributed by atoms with Gasteiger partial charge in [-0.05, 0) is 66.2 Å². The molecule has 0 bridgehead atoms. The standard InChI is InChI=1S/C26H18Cl7N3O4/c1-25(30,31)40-24(39)36-16-4-2-15(3-5-16)34-22(37)18-11-17(6-7-19(18)29)35-23(38)21-20(26(21,32)33)12-8-13(27)10-14(28)9-12/h2-11,20-21H,1H3,(H,34,37)(H,35,38)(H,36,39). The zero-order valence-corrected chi connectivity index (χ0v) is 25.5. The molecule has 210 valence electrons. The lowest BCUT2D eigenvalue weighted by atomic mass is 10.1. The molecule has 4 rings (SSSR count). The predicted molar refractivity (Wildman–Crippen MR) is 162 cm³/mol. The van der Waals surface area contributed by atoms with Crippen LogP contribution in [0.5, 0.6) is 0 Å². The Kier molecular flexibility index (Phi) is 9.27. The van der Waals surface area contributed by atoms with Crippen molar-refractivity contribution in [3.8, 4) is 0 Å². The second-order valence-electron chi connectivity index (χ2n) is 8.87. The predicted octanol–water partition coefficient (Wildman–Crippen LogP) is 9.12. The Balaban J connectivity index is 1.41. The maximum Gasteiger partial charge on any atom is 0.414 e. The van der Waals surface area contributed by atoms with E-state index in [-0.39, 0.29) is 10.6 Å². The molecule has 3 amide bonds. The number of amides is 3. The van der Waals surface area contributed by atoms with Crippen LogP contribution >= 0.6 is 81.2 Å². The number of alkyl halides is 4. The highest BCUT2D eigenvalue weighted by Crippen LogP contribution is 2.65. The number of hydrogen-bond donors (Lipinski definition) is 3. The molecule has 0 heterocycles. The van der Waals surface area contributed by atoms with E-state index in [1.165, 1.54) is 31.2 Å². The fourth-order valence-electron chi connectivity index (χ4n) is 3.96. The minimum Gasteiger partial charge on any atom is -0.413 e. The molecule has 3 N–H and O–H groups in total. The fourth-order valence-corrected chi connectivity index (χ4v) is 5.68. The van der Waals surface area contributed by atoms with Crippen LogP contribution in [0.1, 0.15) is 28.8 Å². The Bertz CT molecular complexity index is 1460. The summed E-state index contributed by atoms with van der Waals surface area (Å²) in [4.78, 5) is 37.8. The molecule has 40 heavy (non-hydrogen) atoms. The maximum atomic E-state index is 13.1. The smallest absolute Gasteiger partial charge is 0.413 e. The molecule has 0 saturated heterocycles. The number of anilines is 3. The molecule has 0 radical (unpaired) electrons. The van der Waals surface area contributed by atoms with Gasteiger partial charge in [-0.2, -0.15) is 0 Å². The average molecular weight is 685 g/mol. The third-order valence-corrected chi connectivity index (χ3v) is 7.58. The first-order valence-electron chi connectivity index (χ1n) is 11.4. The van der Waals surface area contributed by atoms with Gasteiger partial charge in [0.25, 0.3) is 10.4 Å². The Hall–Kier alpha value is -2.10. The van der Waals surface area contributed by atoms with E-state index >= 15 is 0 Å². The van der Waals surface area contributed by atoms with Crippen LogP contribution in [0.25, 0.3) is 0 Å². The first-order valence-corrected chi connectivity index (χ1v) is 14.0. The van der Waals surface area contributed by atoms with Gasteiger partial charge in [-0.25, -0.2) is 4.79 Å². The van der Waals surface area contributed by atoms with Crippen LogP contribution < -0.4 is 16.0 Å². The molecule has 1 fully saturated rings. The van der Waals surface area contributed by atoms with Crippen LogP contribution in [-0.2, 0) is 9.53 Å². The fraction of sp³-hybridized carbons (Fsp3) is 0.192. The number of rotatable bonds is 7. The summed E-state index contributed by atoms with van der Waals surface area (Å²) in [6, 6.07) is 15.5. The Morgan fingerprint density at radius 2 is 1.35 bits per heavy atom. The van der Waals surface area contributed by atoms with E-state index in [0.717, 1.165) is 0 Å². The lowest BCUT2D eigenvalue weighted by molar-refractivity contribution is -0.117. The summed E-state index contributed by atoms with van der Waals surface area (Å²) >= 11 is 42.6. The molecular weight excluding hydrogens is 666 g/mol. The van der Waals surface area contributed by atoms with Gasteiger partial charge in [-0.15, -0.1) is 23.2 Å². The van der Waals surface area contributed by atoms with Gasteiger partial charge in [0.1, 0.15) is 4.33 Å². The summed E-state index contributed by atoms with van der Waals surface area (Å²) in [5.74, 6) is -2.31. The molecule has 2 unspecified atom stereocenters.